The van der Waals surface area contributed by atoms with Gasteiger partial charge in [-0.2, -0.15) is 0 Å². The number of nitro groups is 1. The molecule has 1 saturated heterocycles. The number of nitrogens with one attached hydrogen (secondary N) is 1. The third kappa shape index (κ3) is 2.39. The molecule has 2 aromatic rings. The second-order valence-corrected chi connectivity index (χ2v) is 5.46. The van der Waals surface area contributed by atoms with Crippen LogP contribution < -0.4 is 5.43 Å². The highest BCUT2D eigenvalue weighted by atomic mass is 32.1. The molecule has 0 radical (unpaired) electrons. The number of piperidine rings is 1. The first-order chi connectivity index (χ1) is 9.25. The quantitative estimate of drug-likeness (QED) is 0.690. The number of fused-ring (bicyclic) bond motifs is 1. The SMILES string of the molecule is O=[N+]([O-])c1c(NN2CCCCC2)ccc2scnc12. The number of hydrogen-bond acceptors (Lipinski definition) is 6. The Morgan fingerprint density at radius 2 is 2.11 bits per heavy atom. The van der Waals surface area contributed by atoms with E-state index in [1.165, 1.54) is 17.8 Å². The molecule has 0 bridgehead atoms. The van der Waals surface area contributed by atoms with Crippen molar-refractivity contribution < 1.29 is 4.92 Å². The molecule has 1 aliphatic heterocycles. The molecule has 0 saturated carbocycles. The minimum absolute atomic E-state index is 0.0734. The highest BCUT2D eigenvalue weighted by molar-refractivity contribution is 7.16. The first-order valence-corrected chi connectivity index (χ1v) is 7.16. The van der Waals surface area contributed by atoms with Crippen molar-refractivity contribution in [3.63, 3.8) is 0 Å². The van der Waals surface area contributed by atoms with Gasteiger partial charge in [-0.05, 0) is 25.0 Å². The van der Waals surface area contributed by atoms with E-state index in [4.69, 9.17) is 0 Å². The van der Waals surface area contributed by atoms with Gasteiger partial charge < -0.3 is 5.43 Å². The minimum Gasteiger partial charge on any atom is -0.313 e. The normalized spacial score (nSPS) is 16.6. The molecule has 6 nitrogen and oxygen atoms in total. The van der Waals surface area contributed by atoms with Crippen molar-refractivity contribution in [1.82, 2.24) is 9.99 Å². The Bertz CT molecular complexity index is 607. The van der Waals surface area contributed by atoms with Crippen LogP contribution in [-0.2, 0) is 0 Å². The predicted molar refractivity (Wildman–Crippen MR) is 75.3 cm³/mol. The maximum atomic E-state index is 11.3. The highest BCUT2D eigenvalue weighted by Gasteiger charge is 2.22. The Morgan fingerprint density at radius 1 is 1.32 bits per heavy atom. The van der Waals surface area contributed by atoms with Gasteiger partial charge in [0.15, 0.2) is 5.52 Å². The van der Waals surface area contributed by atoms with Gasteiger partial charge in [0.25, 0.3) is 0 Å². The van der Waals surface area contributed by atoms with Crippen molar-refractivity contribution in [3.8, 4) is 0 Å². The van der Waals surface area contributed by atoms with Crippen molar-refractivity contribution in [3.05, 3.63) is 27.8 Å². The molecule has 7 heteroatoms. The summed E-state index contributed by atoms with van der Waals surface area (Å²) in [7, 11) is 0. The van der Waals surface area contributed by atoms with Crippen LogP contribution in [0.5, 0.6) is 0 Å². The number of aromatic nitrogens is 1. The number of nitrogens with zero attached hydrogens (tertiary/aromatic N) is 3. The monoisotopic (exact) mass is 278 g/mol. The summed E-state index contributed by atoms with van der Waals surface area (Å²) in [6, 6.07) is 3.65. The van der Waals surface area contributed by atoms with Crippen LogP contribution in [0, 0.1) is 10.1 Å². The van der Waals surface area contributed by atoms with Crippen LogP contribution in [0.1, 0.15) is 19.3 Å². The number of nitro benzene ring substituents is 1. The van der Waals surface area contributed by atoms with Gasteiger partial charge in [0.1, 0.15) is 5.69 Å². The Labute approximate surface area is 114 Å². The first-order valence-electron chi connectivity index (χ1n) is 6.28. The summed E-state index contributed by atoms with van der Waals surface area (Å²) in [5.41, 5.74) is 5.89. The maximum Gasteiger partial charge on any atom is 0.320 e. The summed E-state index contributed by atoms with van der Waals surface area (Å²) in [4.78, 5) is 15.0. The summed E-state index contributed by atoms with van der Waals surface area (Å²) in [6.07, 6.45) is 3.48. The molecule has 1 aliphatic rings. The molecule has 1 aromatic carbocycles. The number of rotatable bonds is 3. The van der Waals surface area contributed by atoms with Gasteiger partial charge in [-0.15, -0.1) is 11.3 Å². The van der Waals surface area contributed by atoms with Crippen LogP contribution in [-0.4, -0.2) is 28.0 Å². The lowest BCUT2D eigenvalue weighted by Gasteiger charge is -2.27. The van der Waals surface area contributed by atoms with Gasteiger partial charge in [-0.3, -0.25) is 10.1 Å². The molecule has 0 unspecified atom stereocenters. The topological polar surface area (TPSA) is 71.3 Å². The Balaban J connectivity index is 1.97. The number of benzene rings is 1. The van der Waals surface area contributed by atoms with E-state index < -0.39 is 0 Å². The fourth-order valence-corrected chi connectivity index (χ4v) is 3.05. The van der Waals surface area contributed by atoms with E-state index in [9.17, 15) is 10.1 Å². The van der Waals surface area contributed by atoms with Crippen LogP contribution in [0.3, 0.4) is 0 Å². The molecule has 0 atom stereocenters. The molecule has 0 aliphatic carbocycles. The van der Waals surface area contributed by atoms with Crippen molar-refractivity contribution in [2.24, 2.45) is 0 Å². The maximum absolute atomic E-state index is 11.3. The third-order valence-corrected chi connectivity index (χ3v) is 4.09. The zero-order chi connectivity index (χ0) is 13.2. The number of thiazole rings is 1. The van der Waals surface area contributed by atoms with Crippen LogP contribution in [0.25, 0.3) is 10.2 Å². The molecule has 0 spiro atoms. The van der Waals surface area contributed by atoms with Gasteiger partial charge in [-0.25, -0.2) is 9.99 Å². The summed E-state index contributed by atoms with van der Waals surface area (Å²) >= 11 is 1.42. The van der Waals surface area contributed by atoms with E-state index >= 15 is 0 Å². The lowest BCUT2D eigenvalue weighted by atomic mass is 10.2. The highest BCUT2D eigenvalue weighted by Crippen LogP contribution is 2.34. The average molecular weight is 278 g/mol. The number of anilines is 1. The minimum atomic E-state index is -0.353. The van der Waals surface area contributed by atoms with Crippen LogP contribution in [0.2, 0.25) is 0 Å². The van der Waals surface area contributed by atoms with Gasteiger partial charge in [0.05, 0.1) is 15.1 Å². The predicted octanol–water partition coefficient (Wildman–Crippen LogP) is 3.02. The fraction of sp³-hybridized carbons (Fsp3) is 0.417. The molecular formula is C12H14N4O2S. The molecule has 3 rings (SSSR count). The zero-order valence-corrected chi connectivity index (χ0v) is 11.2. The summed E-state index contributed by atoms with van der Waals surface area (Å²) in [5, 5.41) is 13.3. The molecule has 19 heavy (non-hydrogen) atoms. The van der Waals surface area contributed by atoms with E-state index in [1.54, 1.807) is 11.6 Å². The lowest BCUT2D eigenvalue weighted by molar-refractivity contribution is -0.382. The summed E-state index contributed by atoms with van der Waals surface area (Å²) in [6.45, 7) is 1.85. The average Bonchev–Trinajstić information content (AvgIpc) is 2.87. The van der Waals surface area contributed by atoms with E-state index in [0.717, 1.165) is 30.6 Å². The van der Waals surface area contributed by atoms with E-state index in [0.29, 0.717) is 11.2 Å². The first kappa shape index (κ1) is 12.3. The van der Waals surface area contributed by atoms with Crippen LogP contribution in [0.15, 0.2) is 17.6 Å². The van der Waals surface area contributed by atoms with E-state index in [1.807, 2.05) is 11.1 Å². The van der Waals surface area contributed by atoms with Crippen LogP contribution >= 0.6 is 11.3 Å². The van der Waals surface area contributed by atoms with Gasteiger partial charge >= 0.3 is 5.69 Å². The van der Waals surface area contributed by atoms with Crippen molar-refractivity contribution in [2.75, 3.05) is 18.5 Å². The lowest BCUT2D eigenvalue weighted by Crippen LogP contribution is -2.35. The van der Waals surface area contributed by atoms with Crippen molar-refractivity contribution >= 4 is 32.9 Å². The zero-order valence-electron chi connectivity index (χ0n) is 10.3. The second kappa shape index (κ2) is 5.10. The number of hydrogen-bond donors (Lipinski definition) is 1. The summed E-state index contributed by atoms with van der Waals surface area (Å²) in [5.74, 6) is 0. The van der Waals surface area contributed by atoms with Gasteiger partial charge in [0, 0.05) is 13.1 Å². The Hall–Kier alpha value is -1.73. The van der Waals surface area contributed by atoms with Crippen molar-refractivity contribution in [1.29, 1.82) is 0 Å². The van der Waals surface area contributed by atoms with Crippen LogP contribution in [0.4, 0.5) is 11.4 Å². The van der Waals surface area contributed by atoms with E-state index in [2.05, 4.69) is 10.4 Å². The molecule has 1 aromatic heterocycles. The standard InChI is InChI=1S/C12H14N4O2S/c17-16(18)12-9(14-15-6-2-1-3-7-15)4-5-10-11(12)13-8-19-10/h4-5,8,14H,1-3,6-7H2. The smallest absolute Gasteiger partial charge is 0.313 e. The molecule has 1 fully saturated rings. The molecule has 0 amide bonds. The molecule has 100 valence electrons. The van der Waals surface area contributed by atoms with Crippen molar-refractivity contribution in [2.45, 2.75) is 19.3 Å². The Kier molecular flexibility index (Phi) is 3.31. The largest absolute Gasteiger partial charge is 0.320 e. The van der Waals surface area contributed by atoms with Gasteiger partial charge in [0.2, 0.25) is 0 Å². The molecule has 2 heterocycles. The second-order valence-electron chi connectivity index (χ2n) is 4.58. The third-order valence-electron chi connectivity index (χ3n) is 3.29. The van der Waals surface area contributed by atoms with E-state index in [-0.39, 0.29) is 10.6 Å². The van der Waals surface area contributed by atoms with Gasteiger partial charge in [-0.1, -0.05) is 6.42 Å². The molecule has 1 N–H and O–H groups in total. The number of hydrazine groups is 1. The fourth-order valence-electron chi connectivity index (χ4n) is 2.37. The molecular weight excluding hydrogens is 264 g/mol. The summed E-state index contributed by atoms with van der Waals surface area (Å²) < 4.78 is 0.843. The Morgan fingerprint density at radius 3 is 2.84 bits per heavy atom.